The minimum absolute atomic E-state index is 0.112. The molecule has 0 atom stereocenters. The lowest BCUT2D eigenvalue weighted by molar-refractivity contribution is -0.317. The van der Waals surface area contributed by atoms with Crippen LogP contribution in [0.15, 0.2) is 53.0 Å². The maximum atomic E-state index is 13.4. The number of anilines is 1. The zero-order chi connectivity index (χ0) is 17.4. The lowest BCUT2D eigenvalue weighted by Crippen LogP contribution is -2.65. The molecule has 3 rings (SSSR count). The third kappa shape index (κ3) is 3.12. The number of hydrogen-bond donors (Lipinski definition) is 2. The number of halogens is 4. The maximum Gasteiger partial charge on any atom is 0.492 e. The molecular formula is C15H10BrF3N2O3. The Morgan fingerprint density at radius 3 is 2.04 bits per heavy atom. The molecule has 1 heterocycles. The summed E-state index contributed by atoms with van der Waals surface area (Å²) in [7, 11) is 0. The first-order valence-corrected chi connectivity index (χ1v) is 7.47. The van der Waals surface area contributed by atoms with E-state index in [1.165, 1.54) is 36.4 Å². The molecule has 0 saturated carbocycles. The molecular weight excluding hydrogens is 393 g/mol. The topological polar surface area (TPSA) is 59.6 Å². The van der Waals surface area contributed by atoms with Crippen LogP contribution in [0.25, 0.3) is 0 Å². The number of para-hydroxylation sites is 2. The van der Waals surface area contributed by atoms with Gasteiger partial charge in [0.2, 0.25) is 0 Å². The van der Waals surface area contributed by atoms with E-state index in [1.807, 2.05) is 0 Å². The van der Waals surface area contributed by atoms with Crippen molar-refractivity contribution in [3.63, 3.8) is 0 Å². The van der Waals surface area contributed by atoms with E-state index >= 15 is 0 Å². The molecule has 0 radical (unpaired) electrons. The first kappa shape index (κ1) is 16.4. The lowest BCUT2D eigenvalue weighted by Gasteiger charge is -2.29. The third-order valence-electron chi connectivity index (χ3n) is 3.11. The Bertz CT molecular complexity index is 740. The lowest BCUT2D eigenvalue weighted by atomic mass is 10.3. The number of fused-ring (bicyclic) bond motifs is 1. The molecule has 0 bridgehead atoms. The SMILES string of the molecule is O=C(Nc1ccc(Br)cc1)NC1(C(F)(F)F)Oc2ccccc2O1. The van der Waals surface area contributed by atoms with Crippen molar-refractivity contribution in [3.8, 4) is 11.5 Å². The van der Waals surface area contributed by atoms with E-state index in [-0.39, 0.29) is 11.5 Å². The van der Waals surface area contributed by atoms with Crippen LogP contribution < -0.4 is 20.1 Å². The Labute approximate surface area is 142 Å². The highest BCUT2D eigenvalue weighted by Crippen LogP contribution is 2.44. The number of hydrogen-bond acceptors (Lipinski definition) is 3. The van der Waals surface area contributed by atoms with Crippen molar-refractivity contribution >= 4 is 27.6 Å². The van der Waals surface area contributed by atoms with Gasteiger partial charge in [0.05, 0.1) is 0 Å². The van der Waals surface area contributed by atoms with Gasteiger partial charge in [0.15, 0.2) is 11.5 Å². The predicted octanol–water partition coefficient (Wildman–Crippen LogP) is 4.26. The summed E-state index contributed by atoms with van der Waals surface area (Å²) in [5.74, 6) is -3.51. The average molecular weight is 403 g/mol. The summed E-state index contributed by atoms with van der Waals surface area (Å²) in [6, 6.07) is 10.8. The summed E-state index contributed by atoms with van der Waals surface area (Å²) >= 11 is 3.22. The van der Waals surface area contributed by atoms with Gasteiger partial charge in [-0.25, -0.2) is 4.79 Å². The number of alkyl halides is 3. The molecule has 126 valence electrons. The number of urea groups is 1. The van der Waals surface area contributed by atoms with Crippen molar-refractivity contribution < 1.29 is 27.4 Å². The van der Waals surface area contributed by atoms with Gasteiger partial charge in [0.1, 0.15) is 0 Å². The Morgan fingerprint density at radius 1 is 1.00 bits per heavy atom. The Morgan fingerprint density at radius 2 is 1.54 bits per heavy atom. The van der Waals surface area contributed by atoms with E-state index in [1.54, 1.807) is 17.4 Å². The predicted molar refractivity (Wildman–Crippen MR) is 82.8 cm³/mol. The molecule has 0 aromatic heterocycles. The molecule has 5 nitrogen and oxygen atoms in total. The second-order valence-electron chi connectivity index (χ2n) is 4.85. The van der Waals surface area contributed by atoms with Crippen molar-refractivity contribution in [1.82, 2.24) is 5.32 Å². The first-order valence-electron chi connectivity index (χ1n) is 6.68. The molecule has 0 aliphatic carbocycles. The van der Waals surface area contributed by atoms with E-state index in [9.17, 15) is 18.0 Å². The summed E-state index contributed by atoms with van der Waals surface area (Å²) < 4.78 is 50.8. The Balaban J connectivity index is 1.79. The summed E-state index contributed by atoms with van der Waals surface area (Å²) in [4.78, 5) is 12.0. The second kappa shape index (κ2) is 5.90. The Hall–Kier alpha value is -2.42. The number of ether oxygens (including phenoxy) is 2. The van der Waals surface area contributed by atoms with Crippen LogP contribution in [-0.4, -0.2) is 18.1 Å². The molecule has 2 amide bonds. The van der Waals surface area contributed by atoms with Crippen LogP contribution >= 0.6 is 15.9 Å². The molecule has 0 fully saturated rings. The van der Waals surface area contributed by atoms with Crippen LogP contribution in [0.3, 0.4) is 0 Å². The van der Waals surface area contributed by atoms with Crippen molar-refractivity contribution in [2.45, 2.75) is 12.1 Å². The minimum atomic E-state index is -5.00. The van der Waals surface area contributed by atoms with E-state index in [4.69, 9.17) is 9.47 Å². The molecule has 0 spiro atoms. The maximum absolute atomic E-state index is 13.4. The summed E-state index contributed by atoms with van der Waals surface area (Å²) in [5, 5.41) is 4.00. The van der Waals surface area contributed by atoms with Crippen molar-refractivity contribution in [2.24, 2.45) is 0 Å². The highest BCUT2D eigenvalue weighted by molar-refractivity contribution is 9.10. The fourth-order valence-corrected chi connectivity index (χ4v) is 2.30. The van der Waals surface area contributed by atoms with Gasteiger partial charge in [-0.15, -0.1) is 0 Å². The smallest absolute Gasteiger partial charge is 0.424 e. The van der Waals surface area contributed by atoms with E-state index < -0.39 is 18.1 Å². The summed E-state index contributed by atoms with van der Waals surface area (Å²) in [5.41, 5.74) is 0.309. The van der Waals surface area contributed by atoms with Crippen LogP contribution in [0.5, 0.6) is 11.5 Å². The van der Waals surface area contributed by atoms with E-state index in [2.05, 4.69) is 21.2 Å². The van der Waals surface area contributed by atoms with Gasteiger partial charge in [-0.3, -0.25) is 5.32 Å². The summed E-state index contributed by atoms with van der Waals surface area (Å²) in [6.07, 6.45) is -5.00. The highest BCUT2D eigenvalue weighted by atomic mass is 79.9. The van der Waals surface area contributed by atoms with Gasteiger partial charge in [0.25, 0.3) is 0 Å². The molecule has 0 unspecified atom stereocenters. The number of benzene rings is 2. The molecule has 0 saturated heterocycles. The molecule has 2 aromatic rings. The van der Waals surface area contributed by atoms with Crippen LogP contribution in [0.4, 0.5) is 23.7 Å². The van der Waals surface area contributed by atoms with Gasteiger partial charge in [-0.2, -0.15) is 13.2 Å². The highest BCUT2D eigenvalue weighted by Gasteiger charge is 2.65. The van der Waals surface area contributed by atoms with Gasteiger partial charge >= 0.3 is 18.1 Å². The zero-order valence-corrected chi connectivity index (χ0v) is 13.4. The average Bonchev–Trinajstić information content (AvgIpc) is 2.88. The number of amides is 2. The van der Waals surface area contributed by atoms with Crippen LogP contribution in [0.1, 0.15) is 0 Å². The molecule has 9 heteroatoms. The number of nitrogens with one attached hydrogen (secondary N) is 2. The van der Waals surface area contributed by atoms with Crippen LogP contribution in [0.2, 0.25) is 0 Å². The largest absolute Gasteiger partial charge is 0.492 e. The van der Waals surface area contributed by atoms with Crippen molar-refractivity contribution in [1.29, 1.82) is 0 Å². The van der Waals surface area contributed by atoms with Gasteiger partial charge in [-0.05, 0) is 36.4 Å². The molecule has 24 heavy (non-hydrogen) atoms. The molecule has 2 aromatic carbocycles. The Kier molecular flexibility index (Phi) is 4.04. The number of carbonyl (C=O) groups is 1. The van der Waals surface area contributed by atoms with E-state index in [0.717, 1.165) is 4.47 Å². The van der Waals surface area contributed by atoms with Crippen LogP contribution in [-0.2, 0) is 0 Å². The standard InChI is InChI=1S/C15H10BrF3N2O3/c16-9-5-7-10(8-6-9)20-13(22)21-15(14(17,18)19)23-11-3-1-2-4-12(11)24-15/h1-8H,(H2,20,21,22). The summed E-state index contributed by atoms with van der Waals surface area (Å²) in [6.45, 7) is 0. The second-order valence-corrected chi connectivity index (χ2v) is 5.77. The first-order chi connectivity index (χ1) is 11.3. The van der Waals surface area contributed by atoms with Crippen molar-refractivity contribution in [3.05, 3.63) is 53.0 Å². The van der Waals surface area contributed by atoms with Gasteiger partial charge < -0.3 is 14.8 Å². The van der Waals surface area contributed by atoms with Gasteiger partial charge in [-0.1, -0.05) is 28.1 Å². The quantitative estimate of drug-likeness (QED) is 0.788. The minimum Gasteiger partial charge on any atom is -0.424 e. The number of carbonyl (C=O) groups excluding carboxylic acids is 1. The molecule has 2 N–H and O–H groups in total. The fourth-order valence-electron chi connectivity index (χ4n) is 2.03. The van der Waals surface area contributed by atoms with E-state index in [0.29, 0.717) is 5.69 Å². The normalized spacial score (nSPS) is 15.0. The fraction of sp³-hybridized carbons (Fsp3) is 0.133. The van der Waals surface area contributed by atoms with Crippen LogP contribution in [0, 0.1) is 0 Å². The monoisotopic (exact) mass is 402 g/mol. The zero-order valence-electron chi connectivity index (χ0n) is 11.9. The molecule has 1 aliphatic heterocycles. The van der Waals surface area contributed by atoms with Crippen molar-refractivity contribution in [2.75, 3.05) is 5.32 Å². The third-order valence-corrected chi connectivity index (χ3v) is 3.64. The number of rotatable bonds is 2. The molecule has 1 aliphatic rings. The van der Waals surface area contributed by atoms with Gasteiger partial charge in [0, 0.05) is 10.2 Å².